The van der Waals surface area contributed by atoms with Crippen molar-refractivity contribution in [2.45, 2.75) is 58.4 Å². The van der Waals surface area contributed by atoms with Crippen molar-refractivity contribution in [3.8, 4) is 0 Å². The fraction of sp³-hybridized carbons (Fsp3) is 0.636. The molecule has 0 spiro atoms. The molecule has 1 aliphatic heterocycles. The van der Waals surface area contributed by atoms with Crippen molar-refractivity contribution in [1.29, 1.82) is 0 Å². The van der Waals surface area contributed by atoms with Gasteiger partial charge < -0.3 is 20.6 Å². The minimum atomic E-state index is -0.495. The summed E-state index contributed by atoms with van der Waals surface area (Å²) in [4.78, 5) is 27.2. The molecule has 0 radical (unpaired) electrons. The Morgan fingerprint density at radius 1 is 1.32 bits per heavy atom. The maximum Gasteiger partial charge on any atom is 0.322 e. The molecule has 6 heteroatoms. The highest BCUT2D eigenvalue weighted by atomic mass is 16.3. The number of carbonyl (C=O) groups excluding carboxylic acids is 2. The molecule has 1 saturated carbocycles. The molecule has 1 aromatic carbocycles. The molecule has 3 N–H and O–H groups in total. The molecule has 0 unspecified atom stereocenters. The first kappa shape index (κ1) is 20.6. The van der Waals surface area contributed by atoms with E-state index in [0.717, 1.165) is 31.4 Å². The van der Waals surface area contributed by atoms with Crippen molar-refractivity contribution < 1.29 is 14.7 Å². The Bertz CT molecular complexity index is 730. The summed E-state index contributed by atoms with van der Waals surface area (Å²) < 4.78 is 0. The molecule has 2 fully saturated rings. The number of nitrogens with one attached hydrogen (secondary N) is 2. The zero-order valence-electron chi connectivity index (χ0n) is 17.3. The minimum Gasteiger partial charge on any atom is -0.394 e. The third kappa shape index (κ3) is 4.66. The van der Waals surface area contributed by atoms with Crippen molar-refractivity contribution in [1.82, 2.24) is 10.2 Å². The molecule has 0 aromatic heterocycles. The van der Waals surface area contributed by atoms with Crippen molar-refractivity contribution >= 4 is 17.6 Å². The Kier molecular flexibility index (Phi) is 6.28. The zero-order valence-corrected chi connectivity index (χ0v) is 17.3. The molecule has 1 heterocycles. The number of hydrogen-bond acceptors (Lipinski definition) is 3. The second-order valence-electron chi connectivity index (χ2n) is 8.85. The Hall–Kier alpha value is -2.08. The Labute approximate surface area is 167 Å². The molecule has 1 aromatic rings. The van der Waals surface area contributed by atoms with Gasteiger partial charge in [0.15, 0.2) is 0 Å². The van der Waals surface area contributed by atoms with E-state index in [9.17, 15) is 14.7 Å². The lowest BCUT2D eigenvalue weighted by molar-refractivity contribution is 0.0727. The number of amides is 3. The molecular formula is C22H33N3O3. The SMILES string of the molecule is Cc1ccc(C(=O)NCC2CC2)cc1NC(=O)N1CCC[C@@]1(CO)CC(C)C. The number of hydrogen-bond donors (Lipinski definition) is 3. The van der Waals surface area contributed by atoms with Gasteiger partial charge in [0, 0.05) is 24.3 Å². The van der Waals surface area contributed by atoms with Gasteiger partial charge in [-0.3, -0.25) is 4.79 Å². The van der Waals surface area contributed by atoms with E-state index in [1.54, 1.807) is 17.0 Å². The van der Waals surface area contributed by atoms with E-state index in [4.69, 9.17) is 0 Å². The van der Waals surface area contributed by atoms with Crippen molar-refractivity contribution in [3.05, 3.63) is 29.3 Å². The molecule has 0 bridgehead atoms. The lowest BCUT2D eigenvalue weighted by atomic mass is 9.87. The van der Waals surface area contributed by atoms with E-state index >= 15 is 0 Å². The van der Waals surface area contributed by atoms with Gasteiger partial charge in [-0.2, -0.15) is 0 Å². The predicted octanol–water partition coefficient (Wildman–Crippen LogP) is 3.54. The monoisotopic (exact) mass is 387 g/mol. The van der Waals surface area contributed by atoms with Gasteiger partial charge >= 0.3 is 6.03 Å². The topological polar surface area (TPSA) is 81.7 Å². The predicted molar refractivity (Wildman–Crippen MR) is 110 cm³/mol. The van der Waals surface area contributed by atoms with Crippen LogP contribution in [0.4, 0.5) is 10.5 Å². The van der Waals surface area contributed by atoms with Gasteiger partial charge in [-0.15, -0.1) is 0 Å². The smallest absolute Gasteiger partial charge is 0.322 e. The summed E-state index contributed by atoms with van der Waals surface area (Å²) in [6, 6.07) is 5.19. The number of aryl methyl sites for hydroxylation is 1. The Balaban J connectivity index is 1.71. The van der Waals surface area contributed by atoms with Crippen molar-refractivity contribution in [2.75, 3.05) is 25.0 Å². The number of rotatable bonds is 7. The van der Waals surface area contributed by atoms with E-state index < -0.39 is 5.54 Å². The number of anilines is 1. The van der Waals surface area contributed by atoms with E-state index in [1.165, 1.54) is 12.8 Å². The van der Waals surface area contributed by atoms with Crippen LogP contribution < -0.4 is 10.6 Å². The summed E-state index contributed by atoms with van der Waals surface area (Å²) in [5.41, 5.74) is 1.61. The first-order chi connectivity index (χ1) is 13.3. The molecule has 3 amide bonds. The van der Waals surface area contributed by atoms with Crippen molar-refractivity contribution in [2.24, 2.45) is 11.8 Å². The fourth-order valence-electron chi connectivity index (χ4n) is 4.20. The number of urea groups is 1. The standard InChI is InChI=1S/C22H33N3O3/c1-15(2)12-22(14-26)9-4-10-25(22)21(28)24-19-11-18(8-5-16(19)3)20(27)23-13-17-6-7-17/h5,8,11,15,17,26H,4,6-7,9-10,12-14H2,1-3H3,(H,23,27)(H,24,28)/t22-/m0/s1. The summed E-state index contributed by atoms with van der Waals surface area (Å²) in [5, 5.41) is 16.0. The highest BCUT2D eigenvalue weighted by molar-refractivity contribution is 5.97. The third-order valence-corrected chi connectivity index (χ3v) is 5.91. The number of benzene rings is 1. The molecule has 1 atom stereocenters. The number of likely N-dealkylation sites (tertiary alicyclic amines) is 1. The fourth-order valence-corrected chi connectivity index (χ4v) is 4.20. The summed E-state index contributed by atoms with van der Waals surface area (Å²) in [5.74, 6) is 0.908. The first-order valence-corrected chi connectivity index (χ1v) is 10.4. The van der Waals surface area contributed by atoms with E-state index in [2.05, 4.69) is 24.5 Å². The normalized spacial score (nSPS) is 21.8. The Morgan fingerprint density at radius 2 is 2.07 bits per heavy atom. The molecule has 2 aliphatic rings. The van der Waals surface area contributed by atoms with Gasteiger partial charge in [0.1, 0.15) is 0 Å². The second kappa shape index (κ2) is 8.52. The molecular weight excluding hydrogens is 354 g/mol. The van der Waals surface area contributed by atoms with Crippen LogP contribution in [-0.4, -0.2) is 47.2 Å². The van der Waals surface area contributed by atoms with Crippen LogP contribution in [0.3, 0.4) is 0 Å². The Morgan fingerprint density at radius 3 is 2.71 bits per heavy atom. The maximum atomic E-state index is 13.0. The minimum absolute atomic E-state index is 0.0266. The largest absolute Gasteiger partial charge is 0.394 e. The van der Waals surface area contributed by atoms with Gasteiger partial charge in [-0.1, -0.05) is 19.9 Å². The van der Waals surface area contributed by atoms with Crippen LogP contribution in [0.25, 0.3) is 0 Å². The van der Waals surface area contributed by atoms with Gasteiger partial charge in [0.2, 0.25) is 0 Å². The summed E-state index contributed by atoms with van der Waals surface area (Å²) in [6.07, 6.45) is 4.86. The first-order valence-electron chi connectivity index (χ1n) is 10.4. The summed E-state index contributed by atoms with van der Waals surface area (Å²) in [7, 11) is 0. The van der Waals surface area contributed by atoms with Crippen LogP contribution >= 0.6 is 0 Å². The molecule has 1 saturated heterocycles. The maximum absolute atomic E-state index is 13.0. The van der Waals surface area contributed by atoms with Crippen LogP contribution in [0.15, 0.2) is 18.2 Å². The van der Waals surface area contributed by atoms with Crippen LogP contribution in [0.2, 0.25) is 0 Å². The third-order valence-electron chi connectivity index (χ3n) is 5.91. The van der Waals surface area contributed by atoms with Crippen molar-refractivity contribution in [3.63, 3.8) is 0 Å². The highest BCUT2D eigenvalue weighted by Gasteiger charge is 2.43. The lowest BCUT2D eigenvalue weighted by Crippen LogP contribution is -2.52. The molecule has 28 heavy (non-hydrogen) atoms. The van der Waals surface area contributed by atoms with E-state index in [-0.39, 0.29) is 18.5 Å². The van der Waals surface area contributed by atoms with Gasteiger partial charge in [0.05, 0.1) is 12.1 Å². The second-order valence-corrected chi connectivity index (χ2v) is 8.85. The van der Waals surface area contributed by atoms with Gasteiger partial charge in [0.25, 0.3) is 5.91 Å². The lowest BCUT2D eigenvalue weighted by Gasteiger charge is -2.38. The van der Waals surface area contributed by atoms with Gasteiger partial charge in [-0.25, -0.2) is 4.79 Å². The number of nitrogens with zero attached hydrogens (tertiary/aromatic N) is 1. The molecule has 1 aliphatic carbocycles. The summed E-state index contributed by atoms with van der Waals surface area (Å²) >= 11 is 0. The molecule has 6 nitrogen and oxygen atoms in total. The quantitative estimate of drug-likeness (QED) is 0.669. The van der Waals surface area contributed by atoms with Crippen LogP contribution in [0.1, 0.15) is 61.9 Å². The van der Waals surface area contributed by atoms with Crippen LogP contribution in [0.5, 0.6) is 0 Å². The molecule has 3 rings (SSSR count). The van der Waals surface area contributed by atoms with Gasteiger partial charge in [-0.05, 0) is 68.6 Å². The van der Waals surface area contributed by atoms with E-state index in [1.807, 2.05) is 13.0 Å². The number of carbonyl (C=O) groups is 2. The average Bonchev–Trinajstić information content (AvgIpc) is 3.40. The van der Waals surface area contributed by atoms with E-state index in [0.29, 0.717) is 29.6 Å². The number of aliphatic hydroxyl groups is 1. The average molecular weight is 388 g/mol. The number of aliphatic hydroxyl groups excluding tert-OH is 1. The van der Waals surface area contributed by atoms with Crippen LogP contribution in [0, 0.1) is 18.8 Å². The summed E-state index contributed by atoms with van der Waals surface area (Å²) in [6.45, 7) is 7.47. The van der Waals surface area contributed by atoms with Crippen LogP contribution in [-0.2, 0) is 0 Å². The molecule has 154 valence electrons. The highest BCUT2D eigenvalue weighted by Crippen LogP contribution is 2.35. The zero-order chi connectivity index (χ0) is 20.3.